The molecule has 2 amide bonds. The van der Waals surface area contributed by atoms with E-state index in [2.05, 4.69) is 4.90 Å². The standard InChI is InChI=1S/C28H38FN3O5/c1-35-13-14-36-27(34)32-20-6-7-21(32)17-22(16-20)30-11-9-28(10-12-30)18-31(26(33)37-23-3-2-4-23)25-8-5-19(29)15-24(25)28/h5,8,15,20-23H,2-4,6-7,9-14,16-18H2,1H3. The maximum absolute atomic E-state index is 14.4. The van der Waals surface area contributed by atoms with Gasteiger partial charge >= 0.3 is 12.2 Å². The number of anilines is 1. The first-order chi connectivity index (χ1) is 18.0. The Labute approximate surface area is 218 Å². The number of fused-ring (bicyclic) bond motifs is 4. The molecular weight excluding hydrogens is 477 g/mol. The molecule has 2 bridgehead atoms. The second-order valence-corrected chi connectivity index (χ2v) is 11.5. The molecule has 37 heavy (non-hydrogen) atoms. The maximum Gasteiger partial charge on any atom is 0.414 e. The van der Waals surface area contributed by atoms with E-state index in [0.717, 1.165) is 82.1 Å². The number of benzene rings is 1. The van der Waals surface area contributed by atoms with Gasteiger partial charge in [-0.15, -0.1) is 0 Å². The van der Waals surface area contributed by atoms with E-state index in [4.69, 9.17) is 14.2 Å². The summed E-state index contributed by atoms with van der Waals surface area (Å²) >= 11 is 0. The van der Waals surface area contributed by atoms with Crippen LogP contribution in [0.25, 0.3) is 0 Å². The van der Waals surface area contributed by atoms with Gasteiger partial charge in [-0.3, -0.25) is 4.90 Å². The van der Waals surface area contributed by atoms with E-state index >= 15 is 0 Å². The van der Waals surface area contributed by atoms with Crippen molar-refractivity contribution in [2.24, 2.45) is 0 Å². The largest absolute Gasteiger partial charge is 0.447 e. The fourth-order valence-corrected chi connectivity index (χ4v) is 7.28. The summed E-state index contributed by atoms with van der Waals surface area (Å²) < 4.78 is 30.5. The van der Waals surface area contributed by atoms with Crippen molar-refractivity contribution in [3.05, 3.63) is 29.6 Å². The number of carbonyl (C=O) groups is 2. The first-order valence-electron chi connectivity index (χ1n) is 13.9. The summed E-state index contributed by atoms with van der Waals surface area (Å²) in [6, 6.07) is 5.72. The number of piperidine rings is 2. The third-order valence-electron chi connectivity index (χ3n) is 9.53. The second-order valence-electron chi connectivity index (χ2n) is 11.5. The quantitative estimate of drug-likeness (QED) is 0.540. The first kappa shape index (κ1) is 24.9. The van der Waals surface area contributed by atoms with E-state index in [0.29, 0.717) is 19.2 Å². The van der Waals surface area contributed by atoms with E-state index < -0.39 is 0 Å². The van der Waals surface area contributed by atoms with Gasteiger partial charge in [-0.2, -0.15) is 0 Å². The van der Waals surface area contributed by atoms with Gasteiger partial charge < -0.3 is 24.0 Å². The lowest BCUT2D eigenvalue weighted by Crippen LogP contribution is -2.55. The summed E-state index contributed by atoms with van der Waals surface area (Å²) in [6.07, 6.45) is 8.24. The van der Waals surface area contributed by atoms with Gasteiger partial charge in [-0.25, -0.2) is 14.0 Å². The molecule has 1 aliphatic carbocycles. The molecule has 202 valence electrons. The normalized spacial score (nSPS) is 28.8. The van der Waals surface area contributed by atoms with Crippen molar-refractivity contribution in [2.75, 3.05) is 44.9 Å². The minimum absolute atomic E-state index is 0.0216. The Bertz CT molecular complexity index is 1010. The molecule has 0 N–H and O–H groups in total. The summed E-state index contributed by atoms with van der Waals surface area (Å²) in [5, 5.41) is 0. The zero-order valence-corrected chi connectivity index (χ0v) is 21.7. The third kappa shape index (κ3) is 4.58. The van der Waals surface area contributed by atoms with Crippen LogP contribution in [0.15, 0.2) is 18.2 Å². The number of ether oxygens (including phenoxy) is 3. The van der Waals surface area contributed by atoms with Crippen molar-refractivity contribution in [3.63, 3.8) is 0 Å². The maximum atomic E-state index is 14.4. The van der Waals surface area contributed by atoms with Gasteiger partial charge in [-0.1, -0.05) is 0 Å². The van der Waals surface area contributed by atoms with Crippen LogP contribution in [0.3, 0.4) is 0 Å². The van der Waals surface area contributed by atoms with Gasteiger partial charge in [0.05, 0.1) is 12.3 Å². The highest BCUT2D eigenvalue weighted by Gasteiger charge is 2.50. The number of methoxy groups -OCH3 is 1. The van der Waals surface area contributed by atoms with E-state index in [-0.39, 0.29) is 48.2 Å². The summed E-state index contributed by atoms with van der Waals surface area (Å²) in [5.74, 6) is -0.254. The predicted octanol–water partition coefficient (Wildman–Crippen LogP) is 4.45. The number of nitrogens with zero attached hydrogens (tertiary/aromatic N) is 3. The Hall–Kier alpha value is -2.39. The van der Waals surface area contributed by atoms with Crippen LogP contribution in [-0.2, 0) is 19.6 Å². The van der Waals surface area contributed by atoms with E-state index in [9.17, 15) is 14.0 Å². The molecule has 0 radical (unpaired) electrons. The van der Waals surface area contributed by atoms with Crippen LogP contribution < -0.4 is 4.90 Å². The molecule has 8 nitrogen and oxygen atoms in total. The average molecular weight is 516 g/mol. The number of halogens is 1. The smallest absolute Gasteiger partial charge is 0.414 e. The summed E-state index contributed by atoms with van der Waals surface area (Å²) in [5.41, 5.74) is 1.51. The van der Waals surface area contributed by atoms with Crippen LogP contribution in [0.5, 0.6) is 0 Å². The Kier molecular flexibility index (Phi) is 6.77. The highest BCUT2D eigenvalue weighted by atomic mass is 19.1. The molecule has 2 atom stereocenters. The fraction of sp³-hybridized carbons (Fsp3) is 0.714. The van der Waals surface area contributed by atoms with Gasteiger partial charge in [0.25, 0.3) is 0 Å². The minimum Gasteiger partial charge on any atom is -0.447 e. The lowest BCUT2D eigenvalue weighted by molar-refractivity contribution is 0.0192. The van der Waals surface area contributed by atoms with Gasteiger partial charge in [0.15, 0.2) is 0 Å². The molecular formula is C28H38FN3O5. The van der Waals surface area contributed by atoms with Crippen molar-refractivity contribution >= 4 is 17.9 Å². The van der Waals surface area contributed by atoms with Crippen LogP contribution in [0.1, 0.15) is 63.4 Å². The lowest BCUT2D eigenvalue weighted by atomic mass is 9.73. The van der Waals surface area contributed by atoms with Crippen LogP contribution in [0.2, 0.25) is 0 Å². The van der Waals surface area contributed by atoms with Crippen molar-refractivity contribution < 1.29 is 28.2 Å². The average Bonchev–Trinajstić information content (AvgIpc) is 3.32. The molecule has 1 aromatic carbocycles. The highest BCUT2D eigenvalue weighted by molar-refractivity contribution is 5.91. The molecule has 1 spiro atoms. The molecule has 0 aromatic heterocycles. The molecule has 4 heterocycles. The van der Waals surface area contributed by atoms with Crippen LogP contribution in [0, 0.1) is 5.82 Å². The Balaban J connectivity index is 1.11. The predicted molar refractivity (Wildman–Crippen MR) is 135 cm³/mol. The topological polar surface area (TPSA) is 71.6 Å². The Morgan fingerprint density at radius 2 is 1.73 bits per heavy atom. The Morgan fingerprint density at radius 3 is 2.38 bits per heavy atom. The number of rotatable bonds is 5. The number of likely N-dealkylation sites (tertiary alicyclic amines) is 1. The fourth-order valence-electron chi connectivity index (χ4n) is 7.28. The summed E-state index contributed by atoms with van der Waals surface area (Å²) in [7, 11) is 1.60. The SMILES string of the molecule is COCCOC(=O)N1C2CCC1CC(N1CCC3(CC1)CN(C(=O)OC1CCC1)c1ccc(F)cc13)C2. The van der Waals surface area contributed by atoms with E-state index in [1.54, 1.807) is 24.1 Å². The molecule has 9 heteroatoms. The van der Waals surface area contributed by atoms with Crippen LogP contribution >= 0.6 is 0 Å². The van der Waals surface area contributed by atoms with Crippen molar-refractivity contribution in [2.45, 2.75) is 87.4 Å². The van der Waals surface area contributed by atoms with E-state index in [1.807, 2.05) is 4.90 Å². The van der Waals surface area contributed by atoms with Gasteiger partial charge in [-0.05, 0) is 94.6 Å². The molecule has 5 aliphatic rings. The number of hydrogen-bond donors (Lipinski definition) is 0. The van der Waals surface area contributed by atoms with E-state index in [1.165, 1.54) is 6.07 Å². The number of hydrogen-bond acceptors (Lipinski definition) is 6. The molecule has 1 aromatic rings. The van der Waals surface area contributed by atoms with Gasteiger partial charge in [0.1, 0.15) is 18.5 Å². The van der Waals surface area contributed by atoms with Crippen LogP contribution in [0.4, 0.5) is 19.7 Å². The first-order valence-corrected chi connectivity index (χ1v) is 13.9. The van der Waals surface area contributed by atoms with Crippen molar-refractivity contribution in [3.8, 4) is 0 Å². The summed E-state index contributed by atoms with van der Waals surface area (Å²) in [4.78, 5) is 32.0. The van der Waals surface area contributed by atoms with Crippen molar-refractivity contribution in [1.82, 2.24) is 9.80 Å². The molecule has 3 saturated heterocycles. The Morgan fingerprint density at radius 1 is 1.00 bits per heavy atom. The van der Waals surface area contributed by atoms with Gasteiger partial charge in [0.2, 0.25) is 0 Å². The molecule has 6 rings (SSSR count). The highest BCUT2D eigenvalue weighted by Crippen LogP contribution is 2.49. The molecule has 4 fully saturated rings. The van der Waals surface area contributed by atoms with Crippen molar-refractivity contribution in [1.29, 1.82) is 0 Å². The van der Waals surface area contributed by atoms with Gasteiger partial charge in [0, 0.05) is 37.2 Å². The third-order valence-corrected chi connectivity index (χ3v) is 9.53. The minimum atomic E-state index is -0.293. The summed E-state index contributed by atoms with van der Waals surface area (Å²) in [6.45, 7) is 3.07. The molecule has 4 aliphatic heterocycles. The monoisotopic (exact) mass is 515 g/mol. The zero-order valence-electron chi connectivity index (χ0n) is 21.7. The lowest BCUT2D eigenvalue weighted by Gasteiger charge is -2.47. The molecule has 1 saturated carbocycles. The second kappa shape index (κ2) is 10.1. The number of carbonyl (C=O) groups excluding carboxylic acids is 2. The zero-order chi connectivity index (χ0) is 25.6. The number of amides is 2. The molecule has 2 unspecified atom stereocenters. The van der Waals surface area contributed by atoms with Crippen LogP contribution in [-0.4, -0.2) is 86.2 Å².